The third kappa shape index (κ3) is 1.89. The smallest absolute Gasteiger partial charge is 0.258 e. The Morgan fingerprint density at radius 2 is 1.93 bits per heavy atom. The van der Waals surface area contributed by atoms with E-state index in [1.807, 2.05) is 6.92 Å². The highest BCUT2D eigenvalue weighted by Crippen LogP contribution is 2.28. The number of nitrogens with zero attached hydrogens (tertiary/aromatic N) is 1. The Kier molecular flexibility index (Phi) is 2.75. The van der Waals surface area contributed by atoms with Gasteiger partial charge in [-0.05, 0) is 26.2 Å². The van der Waals surface area contributed by atoms with Gasteiger partial charge in [0.25, 0.3) is 11.8 Å². The number of hydrogen-bond acceptors (Lipinski definition) is 4. The second-order valence-electron chi connectivity index (χ2n) is 4.28. The third-order valence-corrected chi connectivity index (χ3v) is 2.91. The van der Waals surface area contributed by atoms with Crippen molar-refractivity contribution in [3.05, 3.63) is 0 Å². The first-order chi connectivity index (χ1) is 7.09. The van der Waals surface area contributed by atoms with Crippen LogP contribution in [-0.2, 0) is 14.3 Å². The SMILES string of the molecule is CC(N)CCN1C(=O)C2CCC(O2)C1=O. The van der Waals surface area contributed by atoms with Crippen molar-refractivity contribution in [3.63, 3.8) is 0 Å². The number of nitrogens with two attached hydrogens (primary N) is 1. The van der Waals surface area contributed by atoms with Crippen molar-refractivity contribution < 1.29 is 14.3 Å². The molecule has 0 aromatic rings. The van der Waals surface area contributed by atoms with Gasteiger partial charge in [-0.1, -0.05) is 0 Å². The van der Waals surface area contributed by atoms with Crippen molar-refractivity contribution in [2.75, 3.05) is 6.54 Å². The Morgan fingerprint density at radius 3 is 2.40 bits per heavy atom. The maximum Gasteiger partial charge on any atom is 0.258 e. The predicted molar refractivity (Wildman–Crippen MR) is 52.9 cm³/mol. The van der Waals surface area contributed by atoms with Gasteiger partial charge in [0.05, 0.1) is 0 Å². The molecule has 5 nitrogen and oxygen atoms in total. The second kappa shape index (κ2) is 3.90. The van der Waals surface area contributed by atoms with Crippen LogP contribution in [0.25, 0.3) is 0 Å². The average molecular weight is 212 g/mol. The minimum absolute atomic E-state index is 0.00565. The lowest BCUT2D eigenvalue weighted by Gasteiger charge is -2.30. The molecule has 0 aliphatic carbocycles. The fourth-order valence-electron chi connectivity index (χ4n) is 2.01. The normalized spacial score (nSPS) is 32.3. The Bertz CT molecular complexity index is 268. The summed E-state index contributed by atoms with van der Waals surface area (Å²) < 4.78 is 5.29. The number of fused-ring (bicyclic) bond motifs is 2. The predicted octanol–water partition coefficient (Wildman–Crippen LogP) is -0.360. The maximum atomic E-state index is 11.7. The molecule has 0 saturated carbocycles. The molecule has 0 spiro atoms. The number of hydrogen-bond donors (Lipinski definition) is 1. The summed E-state index contributed by atoms with van der Waals surface area (Å²) in [6, 6.07) is 0.00565. The van der Waals surface area contributed by atoms with Gasteiger partial charge in [0.1, 0.15) is 12.2 Å². The summed E-state index contributed by atoms with van der Waals surface area (Å²) in [5, 5.41) is 0. The first-order valence-corrected chi connectivity index (χ1v) is 5.36. The van der Waals surface area contributed by atoms with Crippen LogP contribution in [0.3, 0.4) is 0 Å². The Labute approximate surface area is 88.5 Å². The van der Waals surface area contributed by atoms with Crippen LogP contribution in [0, 0.1) is 0 Å². The van der Waals surface area contributed by atoms with E-state index in [9.17, 15) is 9.59 Å². The monoisotopic (exact) mass is 212 g/mol. The standard InChI is InChI=1S/C10H16N2O3/c1-6(11)4-5-12-9(13)7-2-3-8(15-7)10(12)14/h6-8H,2-5,11H2,1H3. The molecule has 0 aromatic heterocycles. The molecule has 5 heteroatoms. The summed E-state index contributed by atoms with van der Waals surface area (Å²) in [6.07, 6.45) is 1.21. The molecule has 2 heterocycles. The van der Waals surface area contributed by atoms with Gasteiger partial charge < -0.3 is 10.5 Å². The molecule has 2 N–H and O–H groups in total. The summed E-state index contributed by atoms with van der Waals surface area (Å²) in [4.78, 5) is 24.8. The van der Waals surface area contributed by atoms with Crippen LogP contribution in [0.1, 0.15) is 26.2 Å². The van der Waals surface area contributed by atoms with E-state index in [1.54, 1.807) is 0 Å². The van der Waals surface area contributed by atoms with Crippen LogP contribution < -0.4 is 5.73 Å². The summed E-state index contributed by atoms with van der Waals surface area (Å²) in [5.74, 6) is -0.371. The molecule has 3 atom stereocenters. The number of likely N-dealkylation sites (tertiary alicyclic amines) is 1. The van der Waals surface area contributed by atoms with Crippen molar-refractivity contribution in [1.29, 1.82) is 0 Å². The van der Waals surface area contributed by atoms with Crippen LogP contribution in [-0.4, -0.2) is 41.5 Å². The van der Waals surface area contributed by atoms with E-state index >= 15 is 0 Å². The Morgan fingerprint density at radius 1 is 1.40 bits per heavy atom. The van der Waals surface area contributed by atoms with E-state index in [0.717, 1.165) is 0 Å². The van der Waals surface area contributed by atoms with Crippen LogP contribution in [0.2, 0.25) is 0 Å². The highest BCUT2D eigenvalue weighted by atomic mass is 16.5. The first kappa shape index (κ1) is 10.6. The van der Waals surface area contributed by atoms with Gasteiger partial charge in [0.2, 0.25) is 0 Å². The van der Waals surface area contributed by atoms with Gasteiger partial charge in [-0.2, -0.15) is 0 Å². The van der Waals surface area contributed by atoms with E-state index in [0.29, 0.717) is 25.8 Å². The molecule has 3 unspecified atom stereocenters. The number of imide groups is 1. The van der Waals surface area contributed by atoms with Crippen LogP contribution >= 0.6 is 0 Å². The lowest BCUT2D eigenvalue weighted by Crippen LogP contribution is -2.52. The molecule has 15 heavy (non-hydrogen) atoms. The van der Waals surface area contributed by atoms with Gasteiger partial charge in [0.15, 0.2) is 0 Å². The van der Waals surface area contributed by atoms with Gasteiger partial charge in [-0.3, -0.25) is 14.5 Å². The first-order valence-electron chi connectivity index (χ1n) is 5.36. The highest BCUT2D eigenvalue weighted by Gasteiger charge is 2.46. The van der Waals surface area contributed by atoms with E-state index in [4.69, 9.17) is 10.5 Å². The highest BCUT2D eigenvalue weighted by molar-refractivity contribution is 6.02. The van der Waals surface area contributed by atoms with Crippen LogP contribution in [0.5, 0.6) is 0 Å². The molecule has 0 aromatic carbocycles. The molecule has 2 aliphatic heterocycles. The molecule has 2 rings (SSSR count). The largest absolute Gasteiger partial charge is 0.355 e. The summed E-state index contributed by atoms with van der Waals surface area (Å²) in [7, 11) is 0. The Balaban J connectivity index is 2.03. The van der Waals surface area contributed by atoms with Gasteiger partial charge >= 0.3 is 0 Å². The number of amides is 2. The molecular formula is C10H16N2O3. The van der Waals surface area contributed by atoms with Crippen LogP contribution in [0.15, 0.2) is 0 Å². The fourth-order valence-corrected chi connectivity index (χ4v) is 2.01. The fraction of sp³-hybridized carbons (Fsp3) is 0.800. The third-order valence-electron chi connectivity index (χ3n) is 2.91. The van der Waals surface area contributed by atoms with Crippen molar-refractivity contribution in [2.45, 2.75) is 44.4 Å². The molecule has 2 fully saturated rings. The number of rotatable bonds is 3. The molecule has 2 aliphatic rings. The quantitative estimate of drug-likeness (QED) is 0.648. The van der Waals surface area contributed by atoms with E-state index < -0.39 is 0 Å². The molecule has 2 bridgehead atoms. The lowest BCUT2D eigenvalue weighted by atomic mass is 10.2. The molecule has 2 saturated heterocycles. The van der Waals surface area contributed by atoms with Crippen molar-refractivity contribution >= 4 is 11.8 Å². The molecular weight excluding hydrogens is 196 g/mol. The maximum absolute atomic E-state index is 11.7. The second-order valence-corrected chi connectivity index (χ2v) is 4.28. The zero-order valence-corrected chi connectivity index (χ0v) is 8.81. The number of carbonyl (C=O) groups is 2. The molecule has 84 valence electrons. The zero-order chi connectivity index (χ0) is 11.0. The Hall–Kier alpha value is -0.940. The molecule has 0 radical (unpaired) electrons. The van der Waals surface area contributed by atoms with Gasteiger partial charge in [0, 0.05) is 12.6 Å². The number of morpholine rings is 1. The van der Waals surface area contributed by atoms with E-state index in [-0.39, 0.29) is 30.1 Å². The summed E-state index contributed by atoms with van der Waals surface area (Å²) in [6.45, 7) is 2.29. The van der Waals surface area contributed by atoms with Crippen molar-refractivity contribution in [3.8, 4) is 0 Å². The lowest BCUT2D eigenvalue weighted by molar-refractivity contribution is -0.168. The minimum atomic E-state index is -0.388. The van der Waals surface area contributed by atoms with Crippen molar-refractivity contribution in [1.82, 2.24) is 4.90 Å². The van der Waals surface area contributed by atoms with Gasteiger partial charge in [-0.15, -0.1) is 0 Å². The summed E-state index contributed by atoms with van der Waals surface area (Å²) >= 11 is 0. The number of carbonyl (C=O) groups excluding carboxylic acids is 2. The average Bonchev–Trinajstić information content (AvgIpc) is 2.61. The minimum Gasteiger partial charge on any atom is -0.355 e. The van der Waals surface area contributed by atoms with Gasteiger partial charge in [-0.25, -0.2) is 0 Å². The van der Waals surface area contributed by atoms with E-state index in [2.05, 4.69) is 0 Å². The van der Waals surface area contributed by atoms with Crippen LogP contribution in [0.4, 0.5) is 0 Å². The number of ether oxygens (including phenoxy) is 1. The molecule has 2 amide bonds. The summed E-state index contributed by atoms with van der Waals surface area (Å²) in [5.41, 5.74) is 5.60. The van der Waals surface area contributed by atoms with Crippen molar-refractivity contribution in [2.24, 2.45) is 5.73 Å². The van der Waals surface area contributed by atoms with E-state index in [1.165, 1.54) is 4.90 Å². The zero-order valence-electron chi connectivity index (χ0n) is 8.81. The topological polar surface area (TPSA) is 72.6 Å².